The van der Waals surface area contributed by atoms with Gasteiger partial charge in [0.15, 0.2) is 5.17 Å². The van der Waals surface area contributed by atoms with Crippen molar-refractivity contribution in [2.75, 3.05) is 5.32 Å². The van der Waals surface area contributed by atoms with Crippen molar-refractivity contribution >= 4 is 33.8 Å². The Balaban J connectivity index is 1.63. The molecule has 0 radical (unpaired) electrons. The molecule has 2 N–H and O–H groups in total. The molecule has 1 aliphatic carbocycles. The minimum atomic E-state index is -0.0242. The molecular weight excluding hydrogens is 284 g/mol. The van der Waals surface area contributed by atoms with Crippen LogP contribution in [0.5, 0.6) is 5.88 Å². The number of para-hydroxylation sites is 1. The van der Waals surface area contributed by atoms with E-state index in [4.69, 9.17) is 0 Å². The van der Waals surface area contributed by atoms with E-state index in [1.54, 1.807) is 17.8 Å². The number of amidine groups is 1. The SMILES string of the molecule is Oc1nc(NC2=NC3C=CC=CC3S2)nc2ccccc12. The molecule has 104 valence electrons. The van der Waals surface area contributed by atoms with Gasteiger partial charge >= 0.3 is 0 Å². The van der Waals surface area contributed by atoms with Gasteiger partial charge in [0.1, 0.15) is 0 Å². The maximum atomic E-state index is 9.97. The minimum Gasteiger partial charge on any atom is -0.493 e. The highest BCUT2D eigenvalue weighted by molar-refractivity contribution is 8.15. The Labute approximate surface area is 125 Å². The number of hydrogen-bond acceptors (Lipinski definition) is 6. The van der Waals surface area contributed by atoms with Crippen molar-refractivity contribution in [3.63, 3.8) is 0 Å². The molecule has 2 atom stereocenters. The monoisotopic (exact) mass is 296 g/mol. The zero-order valence-electron chi connectivity index (χ0n) is 11.0. The molecule has 0 amide bonds. The van der Waals surface area contributed by atoms with Gasteiger partial charge in [-0.1, -0.05) is 48.2 Å². The van der Waals surface area contributed by atoms with Crippen LogP contribution in [0.25, 0.3) is 10.9 Å². The van der Waals surface area contributed by atoms with Crippen LogP contribution < -0.4 is 5.32 Å². The van der Waals surface area contributed by atoms with Crippen LogP contribution in [0.3, 0.4) is 0 Å². The normalized spacial score (nSPS) is 23.1. The van der Waals surface area contributed by atoms with Gasteiger partial charge in [0, 0.05) is 0 Å². The van der Waals surface area contributed by atoms with Crippen molar-refractivity contribution in [3.8, 4) is 5.88 Å². The zero-order valence-corrected chi connectivity index (χ0v) is 11.8. The highest BCUT2D eigenvalue weighted by Gasteiger charge is 2.28. The van der Waals surface area contributed by atoms with Crippen molar-refractivity contribution in [2.45, 2.75) is 11.3 Å². The predicted octanol–water partition coefficient (Wildman–Crippen LogP) is 2.71. The lowest BCUT2D eigenvalue weighted by Gasteiger charge is -2.10. The maximum absolute atomic E-state index is 9.97. The van der Waals surface area contributed by atoms with Crippen LogP contribution in [0.2, 0.25) is 0 Å². The molecule has 0 bridgehead atoms. The van der Waals surface area contributed by atoms with Gasteiger partial charge in [0.25, 0.3) is 0 Å². The summed E-state index contributed by atoms with van der Waals surface area (Å²) in [6.45, 7) is 0. The summed E-state index contributed by atoms with van der Waals surface area (Å²) in [6.07, 6.45) is 8.24. The Kier molecular flexibility index (Phi) is 2.89. The van der Waals surface area contributed by atoms with E-state index >= 15 is 0 Å². The molecular formula is C15H12N4OS. The van der Waals surface area contributed by atoms with Crippen LogP contribution >= 0.6 is 11.8 Å². The van der Waals surface area contributed by atoms with E-state index in [0.717, 1.165) is 5.17 Å². The third kappa shape index (κ3) is 2.27. The molecule has 2 aliphatic rings. The molecule has 0 saturated heterocycles. The fraction of sp³-hybridized carbons (Fsp3) is 0.133. The molecule has 0 saturated carbocycles. The first kappa shape index (κ1) is 12.4. The number of allylic oxidation sites excluding steroid dienone is 2. The van der Waals surface area contributed by atoms with Gasteiger partial charge in [-0.3, -0.25) is 4.99 Å². The lowest BCUT2D eigenvalue weighted by Crippen LogP contribution is -2.13. The Morgan fingerprint density at radius 1 is 1.10 bits per heavy atom. The van der Waals surface area contributed by atoms with Crippen LogP contribution in [-0.4, -0.2) is 31.5 Å². The van der Waals surface area contributed by atoms with Gasteiger partial charge in [-0.15, -0.1) is 0 Å². The number of aliphatic imine (C=N–C) groups is 1. The van der Waals surface area contributed by atoms with Crippen LogP contribution in [0, 0.1) is 0 Å². The summed E-state index contributed by atoms with van der Waals surface area (Å²) in [5.41, 5.74) is 0.702. The molecule has 2 heterocycles. The Hall–Kier alpha value is -2.34. The number of nitrogens with one attached hydrogen (secondary N) is 1. The fourth-order valence-corrected chi connectivity index (χ4v) is 3.42. The van der Waals surface area contributed by atoms with Crippen molar-refractivity contribution in [1.82, 2.24) is 9.97 Å². The molecule has 6 heteroatoms. The van der Waals surface area contributed by atoms with E-state index in [2.05, 4.69) is 32.4 Å². The fourth-order valence-electron chi connectivity index (χ4n) is 2.37. The standard InChI is InChI=1S/C15H12N4OS/c20-13-9-5-1-2-6-10(9)16-14(18-13)19-15-17-11-7-3-4-8-12(11)21-15/h1-8,11-12H,(H2,16,17,18,19,20). The topological polar surface area (TPSA) is 70.4 Å². The van der Waals surface area contributed by atoms with Gasteiger partial charge in [0.2, 0.25) is 11.8 Å². The summed E-state index contributed by atoms with van der Waals surface area (Å²) in [5.74, 6) is 0.341. The molecule has 2 unspecified atom stereocenters. The van der Waals surface area contributed by atoms with Crippen LogP contribution in [0.4, 0.5) is 5.95 Å². The van der Waals surface area contributed by atoms with E-state index in [0.29, 0.717) is 22.1 Å². The second-order valence-corrected chi connectivity index (χ2v) is 5.96. The summed E-state index contributed by atoms with van der Waals surface area (Å²) in [4.78, 5) is 13.1. The molecule has 2 aromatic rings. The predicted molar refractivity (Wildman–Crippen MR) is 85.7 cm³/mol. The number of nitrogens with zero attached hydrogens (tertiary/aromatic N) is 3. The van der Waals surface area contributed by atoms with Crippen molar-refractivity contribution in [1.29, 1.82) is 0 Å². The second-order valence-electron chi connectivity index (χ2n) is 4.79. The highest BCUT2D eigenvalue weighted by Crippen LogP contribution is 2.31. The van der Waals surface area contributed by atoms with E-state index in [1.807, 2.05) is 30.4 Å². The number of aromatic nitrogens is 2. The average Bonchev–Trinajstić information content (AvgIpc) is 2.89. The Bertz CT molecular complexity index is 799. The highest BCUT2D eigenvalue weighted by atomic mass is 32.2. The van der Waals surface area contributed by atoms with E-state index in [9.17, 15) is 5.11 Å². The van der Waals surface area contributed by atoms with Crippen LogP contribution in [0.15, 0.2) is 53.6 Å². The van der Waals surface area contributed by atoms with Gasteiger partial charge in [-0.05, 0) is 12.1 Å². The Morgan fingerprint density at radius 2 is 1.95 bits per heavy atom. The Morgan fingerprint density at radius 3 is 2.86 bits per heavy atom. The molecule has 1 aromatic heterocycles. The third-order valence-electron chi connectivity index (χ3n) is 3.37. The third-order valence-corrected chi connectivity index (χ3v) is 4.51. The summed E-state index contributed by atoms with van der Waals surface area (Å²) >= 11 is 1.64. The second kappa shape index (κ2) is 4.89. The molecule has 0 fully saturated rings. The quantitative estimate of drug-likeness (QED) is 0.846. The summed E-state index contributed by atoms with van der Waals surface area (Å²) in [7, 11) is 0. The lowest BCUT2D eigenvalue weighted by molar-refractivity contribution is 0.460. The van der Waals surface area contributed by atoms with E-state index in [-0.39, 0.29) is 11.9 Å². The van der Waals surface area contributed by atoms with Crippen molar-refractivity contribution in [3.05, 3.63) is 48.6 Å². The van der Waals surface area contributed by atoms with Crippen LogP contribution in [-0.2, 0) is 0 Å². The number of thioether (sulfide) groups is 1. The van der Waals surface area contributed by atoms with Gasteiger partial charge < -0.3 is 10.4 Å². The molecule has 0 spiro atoms. The number of benzene rings is 1. The van der Waals surface area contributed by atoms with E-state index in [1.165, 1.54) is 0 Å². The number of hydrogen-bond donors (Lipinski definition) is 2. The number of anilines is 1. The smallest absolute Gasteiger partial charge is 0.232 e. The van der Waals surface area contributed by atoms with Crippen molar-refractivity contribution in [2.24, 2.45) is 4.99 Å². The first-order valence-electron chi connectivity index (χ1n) is 6.62. The maximum Gasteiger partial charge on any atom is 0.232 e. The zero-order chi connectivity index (χ0) is 14.2. The first-order chi connectivity index (χ1) is 10.3. The summed E-state index contributed by atoms with van der Waals surface area (Å²) < 4.78 is 0. The van der Waals surface area contributed by atoms with Gasteiger partial charge in [-0.2, -0.15) is 4.98 Å². The molecule has 4 rings (SSSR count). The van der Waals surface area contributed by atoms with Gasteiger partial charge in [-0.25, -0.2) is 4.98 Å². The van der Waals surface area contributed by atoms with Crippen LogP contribution in [0.1, 0.15) is 0 Å². The summed E-state index contributed by atoms with van der Waals surface area (Å²) in [6, 6.07) is 7.53. The molecule has 1 aromatic carbocycles. The lowest BCUT2D eigenvalue weighted by atomic mass is 10.1. The van der Waals surface area contributed by atoms with E-state index < -0.39 is 0 Å². The number of aromatic hydroxyl groups is 1. The average molecular weight is 296 g/mol. The summed E-state index contributed by atoms with van der Waals surface area (Å²) in [5, 5.41) is 14.8. The first-order valence-corrected chi connectivity index (χ1v) is 7.50. The van der Waals surface area contributed by atoms with Gasteiger partial charge in [0.05, 0.1) is 22.2 Å². The number of fused-ring (bicyclic) bond motifs is 2. The molecule has 1 aliphatic heterocycles. The molecule has 21 heavy (non-hydrogen) atoms. The number of rotatable bonds is 1. The molecule has 5 nitrogen and oxygen atoms in total. The largest absolute Gasteiger partial charge is 0.493 e. The minimum absolute atomic E-state index is 0.0242. The van der Waals surface area contributed by atoms with Crippen molar-refractivity contribution < 1.29 is 5.11 Å².